The summed E-state index contributed by atoms with van der Waals surface area (Å²) < 4.78 is 0. The van der Waals surface area contributed by atoms with E-state index < -0.39 is 0 Å². The van der Waals surface area contributed by atoms with Gasteiger partial charge in [0.25, 0.3) is 0 Å². The second kappa shape index (κ2) is 20.2. The molecule has 0 fully saturated rings. The van der Waals surface area contributed by atoms with E-state index in [1.54, 1.807) is 0 Å². The predicted octanol–water partition coefficient (Wildman–Crippen LogP) is -0.542. The van der Waals surface area contributed by atoms with Crippen LogP contribution in [0.25, 0.3) is 0 Å². The second-order valence-electron chi connectivity index (χ2n) is 0. The van der Waals surface area contributed by atoms with Crippen LogP contribution in [0.4, 0.5) is 0 Å². The van der Waals surface area contributed by atoms with Gasteiger partial charge in [-0.05, 0) is 0 Å². The van der Waals surface area contributed by atoms with Gasteiger partial charge in [-0.3, -0.25) is 0 Å². The maximum atomic E-state index is 0. The molecular formula is H2BMgMnZn. The third-order valence-corrected chi connectivity index (χ3v) is 0. The molecule has 4 heteroatoms. The van der Waals surface area contributed by atoms with E-state index in [-0.39, 0.29) is 70.9 Å². The Hall–Kier alpha value is 1.97. The molecule has 4 radical (unpaired) electrons. The van der Waals surface area contributed by atoms with Gasteiger partial charge < -0.3 is 2.85 Å². The molecule has 4 heavy (non-hydrogen) atoms. The van der Waals surface area contributed by atoms with Gasteiger partial charge in [0, 0.05) is 45.0 Å². The number of hydrogen-bond donors (Lipinski definition) is 0. The van der Waals surface area contributed by atoms with Crippen LogP contribution in [0.2, 0.25) is 0 Å². The van der Waals surface area contributed by atoms with E-state index >= 15 is 0 Å². The Balaban J connectivity index is 0. The predicted molar refractivity (Wildman–Crippen MR) is 13.7 cm³/mol. The molecule has 0 aromatic carbocycles. The smallest absolute Gasteiger partial charge is 1.00 e. The standard InChI is InChI=1S/B.Mg.Mn.Zn.2H/q;+2;;;2*-1. The zero-order valence-corrected chi connectivity index (χ0v) is 7.93. The Morgan fingerprint density at radius 2 is 1.25 bits per heavy atom. The summed E-state index contributed by atoms with van der Waals surface area (Å²) in [4.78, 5) is 0. The van der Waals surface area contributed by atoms with E-state index in [4.69, 9.17) is 0 Å². The van der Waals surface area contributed by atoms with Crippen LogP contribution >= 0.6 is 0 Å². The molecule has 0 unspecified atom stereocenters. The average Bonchev–Trinajstić information content (AvgIpc) is 0. The SMILES string of the molecule is [B].[H-].[H-].[Mg+2].[Mn].[Zn]. The van der Waals surface area contributed by atoms with E-state index in [0.717, 1.165) is 0 Å². The molecule has 0 nitrogen and oxygen atoms in total. The van der Waals surface area contributed by atoms with E-state index in [0.29, 0.717) is 0 Å². The Morgan fingerprint density at radius 3 is 1.25 bits per heavy atom. The first kappa shape index (κ1) is 37.9. The molecule has 0 spiro atoms. The molecule has 0 aliphatic rings. The molecule has 0 saturated carbocycles. The van der Waals surface area contributed by atoms with Crippen molar-refractivity contribution in [2.24, 2.45) is 0 Å². The number of hydrogen-bond acceptors (Lipinski definition) is 0. The minimum atomic E-state index is 0. The van der Waals surface area contributed by atoms with Crippen molar-refractivity contribution in [3.05, 3.63) is 0 Å². The summed E-state index contributed by atoms with van der Waals surface area (Å²) >= 11 is 0. The fourth-order valence-corrected chi connectivity index (χ4v) is 0. The Kier molecular flexibility index (Phi) is 191. The molecular weight excluding hydrogens is 155 g/mol. The zero-order valence-electron chi connectivity index (χ0n) is 4.37. The molecule has 0 amide bonds. The maximum absolute atomic E-state index is 0. The third-order valence-electron chi connectivity index (χ3n) is 0. The van der Waals surface area contributed by atoms with E-state index in [2.05, 4.69) is 0 Å². The summed E-state index contributed by atoms with van der Waals surface area (Å²) in [6.45, 7) is 0. The molecule has 16 valence electrons. The molecule has 0 aromatic rings. The summed E-state index contributed by atoms with van der Waals surface area (Å²) in [5.41, 5.74) is 0. The Bertz CT molecular complexity index is 13.5. The van der Waals surface area contributed by atoms with Crippen LogP contribution in [-0.2, 0) is 36.5 Å². The molecule has 0 aliphatic heterocycles. The van der Waals surface area contributed by atoms with Crippen LogP contribution in [0.15, 0.2) is 0 Å². The van der Waals surface area contributed by atoms with Gasteiger partial charge in [0.05, 0.1) is 0 Å². The van der Waals surface area contributed by atoms with Crippen LogP contribution in [0, 0.1) is 0 Å². The fourth-order valence-electron chi connectivity index (χ4n) is 0. The van der Waals surface area contributed by atoms with Crippen LogP contribution in [0.3, 0.4) is 0 Å². The first-order valence-corrected chi connectivity index (χ1v) is 0. The van der Waals surface area contributed by atoms with Crippen LogP contribution in [-0.4, -0.2) is 31.5 Å². The van der Waals surface area contributed by atoms with Crippen molar-refractivity contribution in [2.45, 2.75) is 0 Å². The molecule has 0 aliphatic carbocycles. The van der Waals surface area contributed by atoms with Crippen molar-refractivity contribution >= 4 is 31.5 Å². The number of rotatable bonds is 0. The summed E-state index contributed by atoms with van der Waals surface area (Å²) in [7, 11) is 0. The first-order chi connectivity index (χ1) is 0. The van der Waals surface area contributed by atoms with Gasteiger partial charge in [-0.15, -0.1) is 0 Å². The molecule has 0 aromatic heterocycles. The molecule has 0 heterocycles. The van der Waals surface area contributed by atoms with Crippen LogP contribution in [0.1, 0.15) is 2.85 Å². The van der Waals surface area contributed by atoms with E-state index in [9.17, 15) is 0 Å². The summed E-state index contributed by atoms with van der Waals surface area (Å²) in [6, 6.07) is 0. The van der Waals surface area contributed by atoms with Crippen molar-refractivity contribution in [2.75, 3.05) is 0 Å². The molecule has 0 rings (SSSR count). The van der Waals surface area contributed by atoms with E-state index in [1.807, 2.05) is 0 Å². The summed E-state index contributed by atoms with van der Waals surface area (Å²) in [5.74, 6) is 0. The first-order valence-electron chi connectivity index (χ1n) is 0. The third kappa shape index (κ3) is 9.02. The monoisotopic (exact) mass is 156 g/mol. The van der Waals surface area contributed by atoms with Crippen molar-refractivity contribution in [1.29, 1.82) is 0 Å². The normalized spacial score (nSPS) is 0. The van der Waals surface area contributed by atoms with Crippen LogP contribution in [0.5, 0.6) is 0 Å². The van der Waals surface area contributed by atoms with Gasteiger partial charge in [-0.1, -0.05) is 0 Å². The van der Waals surface area contributed by atoms with Gasteiger partial charge in [0.15, 0.2) is 0 Å². The summed E-state index contributed by atoms with van der Waals surface area (Å²) in [6.07, 6.45) is 0. The molecule has 0 atom stereocenters. The van der Waals surface area contributed by atoms with Gasteiger partial charge >= 0.3 is 23.1 Å². The minimum absolute atomic E-state index is 0. The Labute approximate surface area is 70.4 Å². The van der Waals surface area contributed by atoms with Crippen LogP contribution < -0.4 is 0 Å². The van der Waals surface area contributed by atoms with E-state index in [1.165, 1.54) is 0 Å². The second-order valence-corrected chi connectivity index (χ2v) is 0. The molecule has 0 saturated heterocycles. The van der Waals surface area contributed by atoms with Crippen molar-refractivity contribution in [1.82, 2.24) is 0 Å². The van der Waals surface area contributed by atoms with Gasteiger partial charge in [0.2, 0.25) is 0 Å². The van der Waals surface area contributed by atoms with Gasteiger partial charge in [-0.2, -0.15) is 0 Å². The molecule has 0 bridgehead atoms. The largest absolute Gasteiger partial charge is 2.00 e. The topological polar surface area (TPSA) is 0 Å². The van der Waals surface area contributed by atoms with Crippen molar-refractivity contribution < 1.29 is 39.4 Å². The van der Waals surface area contributed by atoms with Gasteiger partial charge in [-0.25, -0.2) is 0 Å². The van der Waals surface area contributed by atoms with Gasteiger partial charge in [0.1, 0.15) is 0 Å². The zero-order chi connectivity index (χ0) is 0. The van der Waals surface area contributed by atoms with Crippen molar-refractivity contribution in [3.8, 4) is 0 Å². The maximum Gasteiger partial charge on any atom is 2.00 e. The quantitative estimate of drug-likeness (QED) is 0.414. The minimum Gasteiger partial charge on any atom is -1.00 e. The Morgan fingerprint density at radius 1 is 1.25 bits per heavy atom. The van der Waals surface area contributed by atoms with Crippen molar-refractivity contribution in [3.63, 3.8) is 0 Å². The summed E-state index contributed by atoms with van der Waals surface area (Å²) in [5, 5.41) is 0. The fraction of sp³-hybridized carbons (Fsp3) is 0. The average molecular weight is 157 g/mol. The molecule has 0 N–H and O–H groups in total.